The Labute approximate surface area is 149 Å². The van der Waals surface area contributed by atoms with Crippen molar-refractivity contribution in [1.29, 1.82) is 0 Å². The van der Waals surface area contributed by atoms with Crippen molar-refractivity contribution in [2.45, 2.75) is 20.4 Å². The summed E-state index contributed by atoms with van der Waals surface area (Å²) in [4.78, 5) is 24.1. The number of aryl methyl sites for hydroxylation is 2. The van der Waals surface area contributed by atoms with E-state index in [9.17, 15) is 9.59 Å². The third kappa shape index (κ3) is 4.10. The number of carbonyl (C=O) groups is 2. The van der Waals surface area contributed by atoms with Crippen LogP contribution in [0.5, 0.6) is 0 Å². The molecule has 0 radical (unpaired) electrons. The molecular formula is C18H18N4O4. The summed E-state index contributed by atoms with van der Waals surface area (Å²) in [5.41, 5.74) is 2.14. The van der Waals surface area contributed by atoms with Gasteiger partial charge in [0, 0.05) is 11.4 Å². The maximum absolute atomic E-state index is 12.3. The number of benzene rings is 1. The predicted molar refractivity (Wildman–Crippen MR) is 94.9 cm³/mol. The molecule has 0 spiro atoms. The lowest BCUT2D eigenvalue weighted by atomic mass is 10.2. The Morgan fingerprint density at radius 1 is 1.04 bits per heavy atom. The second kappa shape index (κ2) is 7.56. The van der Waals surface area contributed by atoms with E-state index in [-0.39, 0.29) is 11.9 Å². The van der Waals surface area contributed by atoms with Crippen LogP contribution in [-0.4, -0.2) is 17.1 Å². The highest BCUT2D eigenvalue weighted by Gasteiger charge is 2.17. The van der Waals surface area contributed by atoms with Gasteiger partial charge in [-0.1, -0.05) is 5.16 Å². The fourth-order valence-electron chi connectivity index (χ4n) is 2.39. The minimum Gasteiger partial charge on any atom is -0.467 e. The van der Waals surface area contributed by atoms with E-state index in [1.165, 1.54) is 0 Å². The number of hydrogen-bond acceptors (Lipinski definition) is 5. The Kier molecular flexibility index (Phi) is 5.02. The van der Waals surface area contributed by atoms with Crippen LogP contribution >= 0.6 is 0 Å². The zero-order valence-corrected chi connectivity index (χ0v) is 14.3. The lowest BCUT2D eigenvalue weighted by Crippen LogP contribution is -2.27. The number of aromatic nitrogens is 1. The molecular weight excluding hydrogens is 336 g/mol. The Morgan fingerprint density at radius 3 is 2.31 bits per heavy atom. The largest absolute Gasteiger partial charge is 0.467 e. The topological polar surface area (TPSA) is 109 Å². The van der Waals surface area contributed by atoms with Crippen molar-refractivity contribution in [3.05, 3.63) is 65.4 Å². The second-order valence-electron chi connectivity index (χ2n) is 5.62. The van der Waals surface area contributed by atoms with Crippen LogP contribution in [-0.2, 0) is 6.54 Å². The lowest BCUT2D eigenvalue weighted by Gasteiger charge is -2.08. The molecule has 134 valence electrons. The van der Waals surface area contributed by atoms with Gasteiger partial charge < -0.3 is 24.9 Å². The summed E-state index contributed by atoms with van der Waals surface area (Å²) in [6.07, 6.45) is 1.55. The van der Waals surface area contributed by atoms with Crippen LogP contribution in [0.3, 0.4) is 0 Å². The first-order valence-electron chi connectivity index (χ1n) is 7.94. The summed E-state index contributed by atoms with van der Waals surface area (Å²) in [5.74, 6) is 0.835. The number of rotatable bonds is 5. The average Bonchev–Trinajstić information content (AvgIpc) is 3.24. The van der Waals surface area contributed by atoms with Crippen LogP contribution in [0.25, 0.3) is 0 Å². The molecule has 3 amide bonds. The van der Waals surface area contributed by atoms with Gasteiger partial charge >= 0.3 is 6.03 Å². The minimum atomic E-state index is -0.353. The van der Waals surface area contributed by atoms with Gasteiger partial charge in [-0.25, -0.2) is 4.79 Å². The zero-order valence-electron chi connectivity index (χ0n) is 14.3. The molecule has 0 bridgehead atoms. The number of nitrogens with one attached hydrogen (secondary N) is 3. The van der Waals surface area contributed by atoms with Crippen molar-refractivity contribution < 1.29 is 18.5 Å². The van der Waals surface area contributed by atoms with E-state index in [0.717, 1.165) is 0 Å². The summed E-state index contributed by atoms with van der Waals surface area (Å²) in [6.45, 7) is 3.69. The minimum absolute atomic E-state index is 0.293. The molecule has 3 N–H and O–H groups in total. The van der Waals surface area contributed by atoms with Crippen molar-refractivity contribution in [1.82, 2.24) is 10.5 Å². The maximum Gasteiger partial charge on any atom is 0.319 e. The van der Waals surface area contributed by atoms with Crippen LogP contribution in [0.15, 0.2) is 51.6 Å². The molecule has 0 saturated carbocycles. The summed E-state index contributed by atoms with van der Waals surface area (Å²) >= 11 is 0. The summed E-state index contributed by atoms with van der Waals surface area (Å²) < 4.78 is 10.1. The molecule has 0 aliphatic rings. The van der Waals surface area contributed by atoms with E-state index in [1.807, 2.05) is 0 Å². The Hall–Kier alpha value is -3.55. The van der Waals surface area contributed by atoms with Crippen molar-refractivity contribution in [2.24, 2.45) is 0 Å². The SMILES string of the molecule is Cc1noc(C)c1C(=O)Nc1ccc(NC(=O)NCc2ccco2)cc1. The van der Waals surface area contributed by atoms with E-state index in [1.54, 1.807) is 56.5 Å². The lowest BCUT2D eigenvalue weighted by molar-refractivity contribution is 0.102. The first kappa shape index (κ1) is 17.3. The van der Waals surface area contributed by atoms with Gasteiger partial charge in [0.05, 0.1) is 18.5 Å². The number of hydrogen-bond donors (Lipinski definition) is 3. The van der Waals surface area contributed by atoms with E-state index in [0.29, 0.717) is 40.7 Å². The van der Waals surface area contributed by atoms with Gasteiger partial charge in [-0.15, -0.1) is 0 Å². The third-order valence-corrected chi connectivity index (χ3v) is 3.66. The number of nitrogens with zero attached hydrogens (tertiary/aromatic N) is 1. The molecule has 1 aromatic carbocycles. The number of furan rings is 1. The van der Waals surface area contributed by atoms with Gasteiger partial charge in [0.2, 0.25) is 0 Å². The summed E-state index contributed by atoms with van der Waals surface area (Å²) in [6, 6.07) is 9.94. The van der Waals surface area contributed by atoms with Crippen molar-refractivity contribution >= 4 is 23.3 Å². The zero-order chi connectivity index (χ0) is 18.5. The van der Waals surface area contributed by atoms with E-state index in [2.05, 4.69) is 21.1 Å². The van der Waals surface area contributed by atoms with Crippen LogP contribution in [0.1, 0.15) is 27.6 Å². The molecule has 2 heterocycles. The molecule has 0 aliphatic heterocycles. The Bertz CT molecular complexity index is 878. The van der Waals surface area contributed by atoms with Gasteiger partial charge in [0.15, 0.2) is 0 Å². The molecule has 0 fully saturated rings. The Morgan fingerprint density at radius 2 is 1.73 bits per heavy atom. The van der Waals surface area contributed by atoms with Crippen LogP contribution in [0.2, 0.25) is 0 Å². The van der Waals surface area contributed by atoms with Crippen molar-refractivity contribution in [3.63, 3.8) is 0 Å². The molecule has 26 heavy (non-hydrogen) atoms. The van der Waals surface area contributed by atoms with Gasteiger partial charge in [-0.3, -0.25) is 4.79 Å². The third-order valence-electron chi connectivity index (χ3n) is 3.66. The summed E-state index contributed by atoms with van der Waals surface area (Å²) in [5, 5.41) is 11.9. The number of urea groups is 1. The first-order valence-corrected chi connectivity index (χ1v) is 7.94. The van der Waals surface area contributed by atoms with Crippen LogP contribution in [0, 0.1) is 13.8 Å². The molecule has 0 saturated heterocycles. The fourth-order valence-corrected chi connectivity index (χ4v) is 2.39. The second-order valence-corrected chi connectivity index (χ2v) is 5.62. The fraction of sp³-hybridized carbons (Fsp3) is 0.167. The smallest absolute Gasteiger partial charge is 0.319 e. The van der Waals surface area contributed by atoms with Crippen LogP contribution < -0.4 is 16.0 Å². The number of carbonyl (C=O) groups excluding carboxylic acids is 2. The molecule has 2 aromatic heterocycles. The molecule has 0 unspecified atom stereocenters. The predicted octanol–water partition coefficient (Wildman–Crippen LogP) is 3.46. The van der Waals surface area contributed by atoms with E-state index in [4.69, 9.17) is 8.94 Å². The average molecular weight is 354 g/mol. The standard InChI is InChI=1S/C18H18N4O4/c1-11-16(12(2)26-22-11)17(23)20-13-5-7-14(8-6-13)21-18(24)19-10-15-4-3-9-25-15/h3-9H,10H2,1-2H3,(H,20,23)(H2,19,21,24). The summed E-state index contributed by atoms with van der Waals surface area (Å²) in [7, 11) is 0. The highest BCUT2D eigenvalue weighted by Crippen LogP contribution is 2.17. The Balaban J connectivity index is 1.54. The maximum atomic E-state index is 12.3. The molecule has 8 nitrogen and oxygen atoms in total. The van der Waals surface area contributed by atoms with Crippen molar-refractivity contribution in [3.8, 4) is 0 Å². The molecule has 3 aromatic rings. The number of amides is 3. The first-order chi connectivity index (χ1) is 12.5. The molecule has 8 heteroatoms. The highest BCUT2D eigenvalue weighted by molar-refractivity contribution is 6.05. The van der Waals surface area contributed by atoms with Gasteiger partial charge in [-0.2, -0.15) is 0 Å². The van der Waals surface area contributed by atoms with Crippen LogP contribution in [0.4, 0.5) is 16.2 Å². The van der Waals surface area contributed by atoms with E-state index < -0.39 is 0 Å². The molecule has 0 aliphatic carbocycles. The molecule has 3 rings (SSSR count). The van der Waals surface area contributed by atoms with E-state index >= 15 is 0 Å². The van der Waals surface area contributed by atoms with Gasteiger partial charge in [0.1, 0.15) is 17.1 Å². The monoisotopic (exact) mass is 354 g/mol. The highest BCUT2D eigenvalue weighted by atomic mass is 16.5. The van der Waals surface area contributed by atoms with Gasteiger partial charge in [-0.05, 0) is 50.2 Å². The van der Waals surface area contributed by atoms with Crippen molar-refractivity contribution in [2.75, 3.05) is 10.6 Å². The number of anilines is 2. The molecule has 0 atom stereocenters. The van der Waals surface area contributed by atoms with Gasteiger partial charge in [0.25, 0.3) is 5.91 Å². The quantitative estimate of drug-likeness (QED) is 0.650. The normalized spacial score (nSPS) is 10.4.